The molecule has 1 aliphatic rings. The molecule has 0 saturated carbocycles. The second kappa shape index (κ2) is 6.54. The van der Waals surface area contributed by atoms with Gasteiger partial charge in [-0.3, -0.25) is 14.9 Å². The fraction of sp³-hybridized carbons (Fsp3) is 0.167. The van der Waals surface area contributed by atoms with Crippen LogP contribution in [-0.4, -0.2) is 17.4 Å². The van der Waals surface area contributed by atoms with Crippen molar-refractivity contribution in [2.24, 2.45) is 0 Å². The van der Waals surface area contributed by atoms with Gasteiger partial charge in [0.25, 0.3) is 5.69 Å². The topological polar surface area (TPSA) is 81.5 Å². The molecule has 3 rings (SSSR count). The Morgan fingerprint density at radius 1 is 1.29 bits per heavy atom. The summed E-state index contributed by atoms with van der Waals surface area (Å²) >= 11 is 0. The lowest BCUT2D eigenvalue weighted by Gasteiger charge is -2.06. The summed E-state index contributed by atoms with van der Waals surface area (Å²) < 4.78 is 5.44. The average Bonchev–Trinajstić information content (AvgIpc) is 3.02. The van der Waals surface area contributed by atoms with Gasteiger partial charge in [-0.2, -0.15) is 0 Å². The third-order valence-electron chi connectivity index (χ3n) is 3.83. The number of carbonyl (C=O) groups excluding carboxylic acids is 1. The summed E-state index contributed by atoms with van der Waals surface area (Å²) in [6, 6.07) is 10.1. The number of benzene rings is 2. The molecule has 0 spiro atoms. The van der Waals surface area contributed by atoms with E-state index in [0.29, 0.717) is 12.3 Å². The lowest BCUT2D eigenvalue weighted by Crippen LogP contribution is -2.09. The lowest BCUT2D eigenvalue weighted by molar-refractivity contribution is -0.384. The van der Waals surface area contributed by atoms with Crippen LogP contribution in [0.4, 0.5) is 11.4 Å². The van der Waals surface area contributed by atoms with Gasteiger partial charge in [0.05, 0.1) is 17.2 Å². The van der Waals surface area contributed by atoms with Crippen LogP contribution in [0.3, 0.4) is 0 Å². The fourth-order valence-electron chi connectivity index (χ4n) is 2.51. The molecule has 2 aromatic rings. The Hall–Kier alpha value is -3.15. The molecular formula is C18H16N2O4. The first-order valence-corrected chi connectivity index (χ1v) is 7.53. The molecule has 122 valence electrons. The van der Waals surface area contributed by atoms with Gasteiger partial charge in [0.15, 0.2) is 0 Å². The summed E-state index contributed by atoms with van der Waals surface area (Å²) in [5.41, 5.74) is 3.17. The molecule has 0 fully saturated rings. The van der Waals surface area contributed by atoms with Gasteiger partial charge in [0, 0.05) is 24.6 Å². The number of aryl methyl sites for hydroxylation is 1. The Kier molecular flexibility index (Phi) is 4.29. The molecule has 0 aliphatic carbocycles. The smallest absolute Gasteiger partial charge is 0.271 e. The highest BCUT2D eigenvalue weighted by Crippen LogP contribution is 2.26. The van der Waals surface area contributed by atoms with Crippen molar-refractivity contribution < 1.29 is 14.5 Å². The highest BCUT2D eigenvalue weighted by atomic mass is 16.6. The number of carbonyl (C=O) groups is 1. The van der Waals surface area contributed by atoms with E-state index in [4.69, 9.17) is 4.74 Å². The summed E-state index contributed by atoms with van der Waals surface area (Å²) in [5.74, 6) is 0.555. The van der Waals surface area contributed by atoms with E-state index in [1.54, 1.807) is 19.1 Å². The molecule has 1 N–H and O–H groups in total. The quantitative estimate of drug-likeness (QED) is 0.530. The number of amides is 1. The summed E-state index contributed by atoms with van der Waals surface area (Å²) in [5, 5.41) is 13.5. The predicted molar refractivity (Wildman–Crippen MR) is 91.1 cm³/mol. The number of nitro groups is 1. The van der Waals surface area contributed by atoms with E-state index >= 15 is 0 Å². The van der Waals surface area contributed by atoms with E-state index in [0.717, 1.165) is 28.9 Å². The zero-order chi connectivity index (χ0) is 17.1. The van der Waals surface area contributed by atoms with Crippen LogP contribution >= 0.6 is 0 Å². The summed E-state index contributed by atoms with van der Waals surface area (Å²) in [4.78, 5) is 22.4. The number of fused-ring (bicyclic) bond motifs is 1. The molecule has 1 amide bonds. The molecule has 0 radical (unpaired) electrons. The van der Waals surface area contributed by atoms with Crippen molar-refractivity contribution in [3.8, 4) is 5.75 Å². The highest BCUT2D eigenvalue weighted by molar-refractivity contribution is 6.02. The minimum atomic E-state index is -0.489. The Morgan fingerprint density at radius 3 is 2.92 bits per heavy atom. The monoisotopic (exact) mass is 324 g/mol. The van der Waals surface area contributed by atoms with Gasteiger partial charge in [0.2, 0.25) is 5.91 Å². The third-order valence-corrected chi connectivity index (χ3v) is 3.83. The van der Waals surface area contributed by atoms with Gasteiger partial charge >= 0.3 is 0 Å². The van der Waals surface area contributed by atoms with E-state index in [9.17, 15) is 14.9 Å². The number of hydrogen-bond donors (Lipinski definition) is 1. The lowest BCUT2D eigenvalue weighted by atomic mass is 10.1. The number of hydrogen-bond acceptors (Lipinski definition) is 4. The van der Waals surface area contributed by atoms with Gasteiger partial charge in [0.1, 0.15) is 5.75 Å². The standard InChI is InChI=1S/C18H16N2O4/c1-12-2-5-15(20(22)23)11-16(12)19-18(21)7-4-13-3-6-17-14(10-13)8-9-24-17/h2-7,10-11H,8-9H2,1H3,(H,19,21)/b7-4+. The number of anilines is 1. The molecule has 0 unspecified atom stereocenters. The maximum Gasteiger partial charge on any atom is 0.271 e. The minimum Gasteiger partial charge on any atom is -0.493 e. The Morgan fingerprint density at radius 2 is 2.12 bits per heavy atom. The van der Waals surface area contributed by atoms with Crippen molar-refractivity contribution in [3.05, 3.63) is 69.3 Å². The maximum absolute atomic E-state index is 12.1. The molecular weight excluding hydrogens is 308 g/mol. The van der Waals surface area contributed by atoms with E-state index in [1.165, 1.54) is 18.2 Å². The van der Waals surface area contributed by atoms with Crippen molar-refractivity contribution in [2.45, 2.75) is 13.3 Å². The van der Waals surface area contributed by atoms with Crippen molar-refractivity contribution in [1.29, 1.82) is 0 Å². The highest BCUT2D eigenvalue weighted by Gasteiger charge is 2.12. The predicted octanol–water partition coefficient (Wildman–Crippen LogP) is 3.49. The van der Waals surface area contributed by atoms with Crippen LogP contribution in [0.1, 0.15) is 16.7 Å². The largest absolute Gasteiger partial charge is 0.493 e. The van der Waals surface area contributed by atoms with E-state index in [2.05, 4.69) is 5.32 Å². The number of nitrogens with zero attached hydrogens (tertiary/aromatic N) is 1. The molecule has 6 nitrogen and oxygen atoms in total. The molecule has 1 aliphatic heterocycles. The van der Waals surface area contributed by atoms with E-state index in [1.807, 2.05) is 18.2 Å². The molecule has 24 heavy (non-hydrogen) atoms. The van der Waals surface area contributed by atoms with E-state index in [-0.39, 0.29) is 11.6 Å². The summed E-state index contributed by atoms with van der Waals surface area (Å²) in [6.45, 7) is 2.47. The van der Waals surface area contributed by atoms with Crippen LogP contribution in [0.15, 0.2) is 42.5 Å². The van der Waals surface area contributed by atoms with Crippen LogP contribution in [0.2, 0.25) is 0 Å². The molecule has 1 heterocycles. The van der Waals surface area contributed by atoms with Crippen molar-refractivity contribution >= 4 is 23.4 Å². The maximum atomic E-state index is 12.1. The number of non-ortho nitro benzene ring substituents is 1. The van der Waals surface area contributed by atoms with Crippen LogP contribution in [0.5, 0.6) is 5.75 Å². The minimum absolute atomic E-state index is 0.0569. The molecule has 2 aromatic carbocycles. The van der Waals surface area contributed by atoms with Gasteiger partial charge in [-0.05, 0) is 41.8 Å². The average molecular weight is 324 g/mol. The van der Waals surface area contributed by atoms with Gasteiger partial charge in [-0.15, -0.1) is 0 Å². The third kappa shape index (κ3) is 3.43. The molecule has 0 atom stereocenters. The summed E-state index contributed by atoms with van der Waals surface area (Å²) in [7, 11) is 0. The van der Waals surface area contributed by atoms with Gasteiger partial charge in [-0.25, -0.2) is 0 Å². The first-order chi connectivity index (χ1) is 11.5. The zero-order valence-corrected chi connectivity index (χ0v) is 13.1. The first kappa shape index (κ1) is 15.7. The van der Waals surface area contributed by atoms with Crippen LogP contribution < -0.4 is 10.1 Å². The number of ether oxygens (including phenoxy) is 1. The Bertz CT molecular complexity index is 843. The molecule has 0 aromatic heterocycles. The first-order valence-electron chi connectivity index (χ1n) is 7.53. The van der Waals surface area contributed by atoms with Crippen molar-refractivity contribution in [3.63, 3.8) is 0 Å². The van der Waals surface area contributed by atoms with Crippen LogP contribution in [0, 0.1) is 17.0 Å². The number of rotatable bonds is 4. The molecule has 0 bridgehead atoms. The Labute approximate surface area is 138 Å². The second-order valence-electron chi connectivity index (χ2n) is 5.54. The SMILES string of the molecule is Cc1ccc([N+](=O)[O-])cc1NC(=O)/C=C/c1ccc2c(c1)CCO2. The second-order valence-corrected chi connectivity index (χ2v) is 5.54. The Balaban J connectivity index is 1.71. The fourth-order valence-corrected chi connectivity index (χ4v) is 2.51. The zero-order valence-electron chi connectivity index (χ0n) is 13.1. The van der Waals surface area contributed by atoms with Crippen molar-refractivity contribution in [1.82, 2.24) is 0 Å². The number of nitrogens with one attached hydrogen (secondary N) is 1. The van der Waals surface area contributed by atoms with E-state index < -0.39 is 4.92 Å². The van der Waals surface area contributed by atoms with Crippen LogP contribution in [0.25, 0.3) is 6.08 Å². The molecule has 6 heteroatoms. The summed E-state index contributed by atoms with van der Waals surface area (Å²) in [6.07, 6.45) is 3.99. The molecule has 0 saturated heterocycles. The number of nitro benzene ring substituents is 1. The van der Waals surface area contributed by atoms with Gasteiger partial charge < -0.3 is 10.1 Å². The normalized spacial score (nSPS) is 12.7. The van der Waals surface area contributed by atoms with Crippen LogP contribution in [-0.2, 0) is 11.2 Å². The van der Waals surface area contributed by atoms with Crippen molar-refractivity contribution in [2.75, 3.05) is 11.9 Å². The van der Waals surface area contributed by atoms with Gasteiger partial charge in [-0.1, -0.05) is 12.1 Å².